The van der Waals surface area contributed by atoms with Crippen LogP contribution in [0.15, 0.2) is 29.2 Å². The van der Waals surface area contributed by atoms with E-state index in [1.165, 1.54) is 0 Å². The van der Waals surface area contributed by atoms with Gasteiger partial charge in [0.05, 0.1) is 5.69 Å². The molecule has 1 saturated heterocycles. The fourth-order valence-electron chi connectivity index (χ4n) is 2.40. The fourth-order valence-corrected chi connectivity index (χ4v) is 3.62. The molecule has 0 unspecified atom stereocenters. The minimum atomic E-state index is -3.43. The van der Waals surface area contributed by atoms with Gasteiger partial charge in [-0.3, -0.25) is 4.90 Å². The molecule has 1 aliphatic heterocycles. The number of sulfonamides is 1. The normalized spacial score (nSPS) is 16.8. The Kier molecular flexibility index (Phi) is 5.98. The number of nitrogens with zero attached hydrogens (tertiary/aromatic N) is 1. The average molecular weight is 312 g/mol. The first-order valence-electron chi connectivity index (χ1n) is 7.39. The molecular formula is C14H24N4O2S. The zero-order chi connectivity index (χ0) is 15.1. The molecule has 1 fully saturated rings. The lowest BCUT2D eigenvalue weighted by Gasteiger charge is -2.27. The van der Waals surface area contributed by atoms with E-state index in [1.807, 2.05) is 12.1 Å². The molecule has 1 aliphatic rings. The van der Waals surface area contributed by atoms with Crippen molar-refractivity contribution in [1.29, 1.82) is 0 Å². The fraction of sp³-hybridized carbons (Fsp3) is 0.571. The van der Waals surface area contributed by atoms with Gasteiger partial charge in [0.25, 0.3) is 0 Å². The average Bonchev–Trinajstić information content (AvgIpc) is 2.49. The van der Waals surface area contributed by atoms with Gasteiger partial charge < -0.3 is 10.6 Å². The van der Waals surface area contributed by atoms with Gasteiger partial charge in [-0.2, -0.15) is 0 Å². The van der Waals surface area contributed by atoms with Crippen LogP contribution in [0.3, 0.4) is 0 Å². The van der Waals surface area contributed by atoms with Gasteiger partial charge in [0.2, 0.25) is 10.0 Å². The highest BCUT2D eigenvalue weighted by Gasteiger charge is 2.17. The molecule has 0 aliphatic carbocycles. The Labute approximate surface area is 127 Å². The molecule has 3 N–H and O–H groups in total. The topological polar surface area (TPSA) is 73.5 Å². The van der Waals surface area contributed by atoms with E-state index >= 15 is 0 Å². The molecule has 1 aromatic carbocycles. The summed E-state index contributed by atoms with van der Waals surface area (Å²) in [6.45, 7) is 7.93. The number of hydrogen-bond donors (Lipinski definition) is 3. The van der Waals surface area contributed by atoms with Gasteiger partial charge in [0, 0.05) is 45.8 Å². The van der Waals surface area contributed by atoms with E-state index < -0.39 is 10.0 Å². The number of hydrogen-bond acceptors (Lipinski definition) is 5. The molecule has 1 aromatic rings. The third kappa shape index (κ3) is 4.67. The Bertz CT molecular complexity index is 542. The molecule has 118 valence electrons. The van der Waals surface area contributed by atoms with Crippen LogP contribution in [0.25, 0.3) is 0 Å². The third-order valence-corrected chi connectivity index (χ3v) is 5.07. The molecule has 0 aromatic heterocycles. The van der Waals surface area contributed by atoms with E-state index in [2.05, 4.69) is 20.3 Å². The Hall–Kier alpha value is -1.15. The summed E-state index contributed by atoms with van der Waals surface area (Å²) < 4.78 is 26.8. The van der Waals surface area contributed by atoms with E-state index in [1.54, 1.807) is 19.1 Å². The van der Waals surface area contributed by atoms with E-state index in [4.69, 9.17) is 0 Å². The molecule has 7 heteroatoms. The summed E-state index contributed by atoms with van der Waals surface area (Å²) in [5, 5.41) is 6.56. The number of para-hydroxylation sites is 1. The molecule has 0 spiro atoms. The second-order valence-electron chi connectivity index (χ2n) is 5.02. The molecule has 0 amide bonds. The monoisotopic (exact) mass is 312 g/mol. The Morgan fingerprint density at radius 2 is 1.95 bits per heavy atom. The molecular weight excluding hydrogens is 288 g/mol. The zero-order valence-corrected chi connectivity index (χ0v) is 13.2. The highest BCUT2D eigenvalue weighted by Crippen LogP contribution is 2.20. The Morgan fingerprint density at radius 3 is 2.67 bits per heavy atom. The largest absolute Gasteiger partial charge is 0.383 e. The van der Waals surface area contributed by atoms with Crippen LogP contribution in [0.2, 0.25) is 0 Å². The quantitative estimate of drug-likeness (QED) is 0.675. The van der Waals surface area contributed by atoms with Gasteiger partial charge in [-0.15, -0.1) is 0 Å². The maximum atomic E-state index is 12.1. The number of anilines is 1. The molecule has 21 heavy (non-hydrogen) atoms. The summed E-state index contributed by atoms with van der Waals surface area (Å²) in [5.41, 5.74) is 0.661. The third-order valence-electron chi connectivity index (χ3n) is 3.46. The van der Waals surface area contributed by atoms with Crippen molar-refractivity contribution in [3.63, 3.8) is 0 Å². The van der Waals surface area contributed by atoms with E-state index in [0.717, 1.165) is 39.3 Å². The van der Waals surface area contributed by atoms with Gasteiger partial charge in [-0.1, -0.05) is 19.1 Å². The van der Waals surface area contributed by atoms with Crippen LogP contribution in [-0.2, 0) is 10.0 Å². The summed E-state index contributed by atoms with van der Waals surface area (Å²) in [7, 11) is -3.43. The Morgan fingerprint density at radius 1 is 1.24 bits per heavy atom. The summed E-state index contributed by atoms with van der Waals surface area (Å²) in [6, 6.07) is 7.02. The molecule has 2 rings (SSSR count). The van der Waals surface area contributed by atoms with Crippen LogP contribution in [0, 0.1) is 0 Å². The smallest absolute Gasteiger partial charge is 0.242 e. The molecule has 6 nitrogen and oxygen atoms in total. The second-order valence-corrected chi connectivity index (χ2v) is 6.75. The first-order chi connectivity index (χ1) is 10.1. The van der Waals surface area contributed by atoms with Crippen molar-refractivity contribution in [3.05, 3.63) is 24.3 Å². The van der Waals surface area contributed by atoms with E-state index in [0.29, 0.717) is 17.1 Å². The van der Waals surface area contributed by atoms with E-state index in [-0.39, 0.29) is 0 Å². The molecule has 0 saturated carbocycles. The van der Waals surface area contributed by atoms with Crippen molar-refractivity contribution < 1.29 is 8.42 Å². The van der Waals surface area contributed by atoms with Crippen molar-refractivity contribution in [2.24, 2.45) is 0 Å². The van der Waals surface area contributed by atoms with Crippen molar-refractivity contribution in [3.8, 4) is 0 Å². The zero-order valence-electron chi connectivity index (χ0n) is 12.4. The number of rotatable bonds is 7. The lowest BCUT2D eigenvalue weighted by Crippen LogP contribution is -2.45. The summed E-state index contributed by atoms with van der Waals surface area (Å²) >= 11 is 0. The minimum absolute atomic E-state index is 0.312. The maximum absolute atomic E-state index is 12.1. The number of piperazine rings is 1. The van der Waals surface area contributed by atoms with Crippen LogP contribution in [0.4, 0.5) is 5.69 Å². The van der Waals surface area contributed by atoms with Gasteiger partial charge in [0.15, 0.2) is 0 Å². The number of benzene rings is 1. The SMILES string of the molecule is CCNS(=O)(=O)c1ccccc1NCCN1CCNCC1. The predicted octanol–water partition coefficient (Wildman–Crippen LogP) is 0.302. The lowest BCUT2D eigenvalue weighted by molar-refractivity contribution is 0.249. The summed E-state index contributed by atoms with van der Waals surface area (Å²) in [5.74, 6) is 0. The lowest BCUT2D eigenvalue weighted by atomic mass is 10.3. The predicted molar refractivity (Wildman–Crippen MR) is 85.1 cm³/mol. The molecule has 0 atom stereocenters. The second kappa shape index (κ2) is 7.74. The van der Waals surface area contributed by atoms with E-state index in [9.17, 15) is 8.42 Å². The van der Waals surface area contributed by atoms with Crippen molar-refractivity contribution in [1.82, 2.24) is 14.9 Å². The highest BCUT2D eigenvalue weighted by atomic mass is 32.2. The standard InChI is InChI=1S/C14H24N4O2S/c1-2-17-21(19,20)14-6-4-3-5-13(14)16-9-12-18-10-7-15-8-11-18/h3-6,15-17H,2,7-12H2,1H3. The minimum Gasteiger partial charge on any atom is -0.383 e. The first-order valence-corrected chi connectivity index (χ1v) is 8.87. The van der Waals surface area contributed by atoms with Crippen molar-refractivity contribution in [2.45, 2.75) is 11.8 Å². The molecule has 0 bridgehead atoms. The van der Waals surface area contributed by atoms with Gasteiger partial charge in [-0.05, 0) is 12.1 Å². The van der Waals surface area contributed by atoms with Gasteiger partial charge >= 0.3 is 0 Å². The van der Waals surface area contributed by atoms with Crippen LogP contribution in [-0.4, -0.2) is 59.1 Å². The highest BCUT2D eigenvalue weighted by molar-refractivity contribution is 7.89. The maximum Gasteiger partial charge on any atom is 0.242 e. The number of nitrogens with one attached hydrogen (secondary N) is 3. The molecule has 1 heterocycles. The van der Waals surface area contributed by atoms with Crippen LogP contribution in [0.1, 0.15) is 6.92 Å². The van der Waals surface area contributed by atoms with Crippen molar-refractivity contribution >= 4 is 15.7 Å². The first kappa shape index (κ1) is 16.2. The van der Waals surface area contributed by atoms with Crippen LogP contribution >= 0.6 is 0 Å². The van der Waals surface area contributed by atoms with Crippen LogP contribution in [0.5, 0.6) is 0 Å². The van der Waals surface area contributed by atoms with Gasteiger partial charge in [0.1, 0.15) is 4.90 Å². The van der Waals surface area contributed by atoms with Gasteiger partial charge in [-0.25, -0.2) is 13.1 Å². The Balaban J connectivity index is 1.96. The van der Waals surface area contributed by atoms with Crippen LogP contribution < -0.4 is 15.4 Å². The summed E-state index contributed by atoms with van der Waals surface area (Å²) in [6.07, 6.45) is 0. The summed E-state index contributed by atoms with van der Waals surface area (Å²) in [4.78, 5) is 2.68. The van der Waals surface area contributed by atoms with Crippen molar-refractivity contribution in [2.75, 3.05) is 51.1 Å². The molecule has 0 radical (unpaired) electrons.